The number of benzene rings is 2. The summed E-state index contributed by atoms with van der Waals surface area (Å²) in [6, 6.07) is 18.6. The van der Waals surface area contributed by atoms with E-state index < -0.39 is 0 Å². The number of carbonyl (C=O) groups excluding carboxylic acids is 1. The lowest BCUT2D eigenvalue weighted by Gasteiger charge is -2.19. The minimum atomic E-state index is -0.0432. The molecular formula is C22H30ClN3O2. The first kappa shape index (κ1) is 22.2. The lowest BCUT2D eigenvalue weighted by Crippen LogP contribution is -2.28. The molecule has 0 unspecified atom stereocenters. The predicted octanol–water partition coefficient (Wildman–Crippen LogP) is 2.75. The first-order chi connectivity index (χ1) is 13.1. The van der Waals surface area contributed by atoms with Gasteiger partial charge in [-0.15, -0.1) is 12.4 Å². The molecule has 152 valence electrons. The summed E-state index contributed by atoms with van der Waals surface area (Å²) in [6.45, 7) is 3.50. The second-order valence-electron chi connectivity index (χ2n) is 7.39. The average molecular weight is 404 g/mol. The van der Waals surface area contributed by atoms with Gasteiger partial charge in [-0.2, -0.15) is 0 Å². The Hall–Kier alpha value is -2.08. The van der Waals surface area contributed by atoms with E-state index >= 15 is 0 Å². The Kier molecular flexibility index (Phi) is 8.30. The largest absolute Gasteiger partial charge is 0.483 e. The van der Waals surface area contributed by atoms with Gasteiger partial charge >= 0.3 is 0 Å². The molecule has 3 rings (SSSR count). The first-order valence-electron chi connectivity index (χ1n) is 9.46. The highest BCUT2D eigenvalue weighted by Gasteiger charge is 2.33. The molecule has 0 aliphatic carbocycles. The van der Waals surface area contributed by atoms with Crippen LogP contribution in [0.5, 0.6) is 5.75 Å². The standard InChI is InChI=1S/C22H29N3O2.ClH/c1-24(2)22(26)16-27-21-11-7-6-10-18(21)13-25-14-19(12-23)20(15-25)17-8-4-3-5-9-17;/h3-11,19-20H,12-16,23H2,1-2H3;1H/t19-,20+;/m1./s1. The number of halogens is 1. The monoisotopic (exact) mass is 403 g/mol. The van der Waals surface area contributed by atoms with E-state index in [-0.39, 0.29) is 24.9 Å². The molecular weight excluding hydrogens is 374 g/mol. The molecule has 2 aromatic carbocycles. The summed E-state index contributed by atoms with van der Waals surface area (Å²) >= 11 is 0. The molecule has 1 saturated heterocycles. The number of hydrogen-bond acceptors (Lipinski definition) is 4. The van der Waals surface area contributed by atoms with E-state index in [9.17, 15) is 4.79 Å². The lowest BCUT2D eigenvalue weighted by atomic mass is 9.89. The van der Waals surface area contributed by atoms with Gasteiger partial charge in [0.1, 0.15) is 5.75 Å². The Bertz CT molecular complexity index is 754. The maximum atomic E-state index is 11.8. The van der Waals surface area contributed by atoms with Gasteiger partial charge < -0.3 is 15.4 Å². The van der Waals surface area contributed by atoms with Crippen LogP contribution in [0.15, 0.2) is 54.6 Å². The van der Waals surface area contributed by atoms with Crippen molar-refractivity contribution in [1.82, 2.24) is 9.80 Å². The highest BCUT2D eigenvalue weighted by Crippen LogP contribution is 2.33. The van der Waals surface area contributed by atoms with Crippen molar-refractivity contribution >= 4 is 18.3 Å². The number of nitrogens with zero attached hydrogens (tertiary/aromatic N) is 2. The smallest absolute Gasteiger partial charge is 0.259 e. The molecule has 1 aliphatic heterocycles. The number of rotatable bonds is 7. The van der Waals surface area contributed by atoms with E-state index in [1.165, 1.54) is 5.56 Å². The molecule has 0 saturated carbocycles. The molecule has 1 heterocycles. The van der Waals surface area contributed by atoms with Crippen molar-refractivity contribution in [3.63, 3.8) is 0 Å². The molecule has 1 fully saturated rings. The van der Waals surface area contributed by atoms with Crippen molar-refractivity contribution in [1.29, 1.82) is 0 Å². The van der Waals surface area contributed by atoms with E-state index in [0.717, 1.165) is 30.9 Å². The van der Waals surface area contributed by atoms with Gasteiger partial charge in [-0.05, 0) is 24.1 Å². The van der Waals surface area contributed by atoms with Crippen molar-refractivity contribution in [2.75, 3.05) is 40.3 Å². The fraction of sp³-hybridized carbons (Fsp3) is 0.409. The fourth-order valence-corrected chi connectivity index (χ4v) is 3.69. The van der Waals surface area contributed by atoms with Crippen LogP contribution in [0.25, 0.3) is 0 Å². The number of amides is 1. The molecule has 28 heavy (non-hydrogen) atoms. The number of nitrogens with two attached hydrogens (primary N) is 1. The summed E-state index contributed by atoms with van der Waals surface area (Å²) in [5.74, 6) is 1.65. The van der Waals surface area contributed by atoms with E-state index in [2.05, 4.69) is 41.3 Å². The second kappa shape index (κ2) is 10.5. The van der Waals surface area contributed by atoms with Crippen LogP contribution in [0.1, 0.15) is 17.0 Å². The molecule has 2 aromatic rings. The summed E-state index contributed by atoms with van der Waals surface area (Å²) in [4.78, 5) is 15.8. The maximum Gasteiger partial charge on any atom is 0.259 e. The van der Waals surface area contributed by atoms with Crippen LogP contribution in [0.3, 0.4) is 0 Å². The minimum Gasteiger partial charge on any atom is -0.483 e. The first-order valence-corrected chi connectivity index (χ1v) is 9.46. The summed E-state index contributed by atoms with van der Waals surface area (Å²) in [7, 11) is 3.47. The van der Waals surface area contributed by atoms with Crippen molar-refractivity contribution in [3.8, 4) is 5.75 Å². The quantitative estimate of drug-likeness (QED) is 0.772. The van der Waals surface area contributed by atoms with Crippen LogP contribution in [-0.2, 0) is 11.3 Å². The summed E-state index contributed by atoms with van der Waals surface area (Å²) in [5.41, 5.74) is 8.53. The number of para-hydroxylation sites is 1. The third-order valence-corrected chi connectivity index (χ3v) is 5.26. The van der Waals surface area contributed by atoms with Gasteiger partial charge in [0.2, 0.25) is 0 Å². The highest BCUT2D eigenvalue weighted by molar-refractivity contribution is 5.85. The fourth-order valence-electron chi connectivity index (χ4n) is 3.69. The molecule has 5 nitrogen and oxygen atoms in total. The van der Waals surface area contributed by atoms with E-state index in [4.69, 9.17) is 10.5 Å². The van der Waals surface area contributed by atoms with Crippen LogP contribution >= 0.6 is 12.4 Å². The average Bonchev–Trinajstić information content (AvgIpc) is 3.10. The van der Waals surface area contributed by atoms with Crippen LogP contribution in [0, 0.1) is 5.92 Å². The molecule has 1 amide bonds. The highest BCUT2D eigenvalue weighted by atomic mass is 35.5. The van der Waals surface area contributed by atoms with Gasteiger partial charge in [-0.1, -0.05) is 48.5 Å². The third-order valence-electron chi connectivity index (χ3n) is 5.26. The Morgan fingerprint density at radius 1 is 1.11 bits per heavy atom. The Morgan fingerprint density at radius 2 is 1.79 bits per heavy atom. The molecule has 6 heteroatoms. The Morgan fingerprint density at radius 3 is 2.46 bits per heavy atom. The van der Waals surface area contributed by atoms with Gasteiger partial charge in [0, 0.05) is 45.2 Å². The van der Waals surface area contributed by atoms with Gasteiger partial charge in [-0.3, -0.25) is 9.69 Å². The number of likely N-dealkylation sites (tertiary alicyclic amines) is 1. The molecule has 0 spiro atoms. The van der Waals surface area contributed by atoms with Gasteiger partial charge in [0.15, 0.2) is 6.61 Å². The van der Waals surface area contributed by atoms with Crippen molar-refractivity contribution in [2.24, 2.45) is 11.7 Å². The number of ether oxygens (including phenoxy) is 1. The topological polar surface area (TPSA) is 58.8 Å². The van der Waals surface area contributed by atoms with E-state index in [0.29, 0.717) is 18.4 Å². The zero-order valence-corrected chi connectivity index (χ0v) is 17.4. The van der Waals surface area contributed by atoms with Crippen LogP contribution in [0.4, 0.5) is 0 Å². The van der Waals surface area contributed by atoms with E-state index in [1.807, 2.05) is 18.2 Å². The number of hydrogen-bond donors (Lipinski definition) is 1. The van der Waals surface area contributed by atoms with Gasteiger partial charge in [0.05, 0.1) is 0 Å². The van der Waals surface area contributed by atoms with Gasteiger partial charge in [0.25, 0.3) is 5.91 Å². The SMILES string of the molecule is CN(C)C(=O)COc1ccccc1CN1C[C@@H](CN)[C@H](c2ccccc2)C1.Cl. The normalized spacial score (nSPS) is 19.1. The van der Waals surface area contributed by atoms with Crippen molar-refractivity contribution in [3.05, 3.63) is 65.7 Å². The predicted molar refractivity (Wildman–Crippen MR) is 115 cm³/mol. The Balaban J connectivity index is 0.00000280. The number of likely N-dealkylation sites (N-methyl/N-ethyl adjacent to an activating group) is 1. The Labute approximate surface area is 173 Å². The van der Waals surface area contributed by atoms with Gasteiger partial charge in [-0.25, -0.2) is 0 Å². The van der Waals surface area contributed by atoms with Crippen molar-refractivity contribution in [2.45, 2.75) is 12.5 Å². The lowest BCUT2D eigenvalue weighted by molar-refractivity contribution is -0.130. The molecule has 1 aliphatic rings. The zero-order valence-electron chi connectivity index (χ0n) is 16.6. The van der Waals surface area contributed by atoms with E-state index in [1.54, 1.807) is 19.0 Å². The summed E-state index contributed by atoms with van der Waals surface area (Å²) in [5, 5.41) is 0. The molecule has 0 aromatic heterocycles. The van der Waals surface area contributed by atoms with Crippen LogP contribution < -0.4 is 10.5 Å². The molecule has 2 N–H and O–H groups in total. The molecule has 0 radical (unpaired) electrons. The number of carbonyl (C=O) groups is 1. The molecule has 0 bridgehead atoms. The maximum absolute atomic E-state index is 11.8. The summed E-state index contributed by atoms with van der Waals surface area (Å²) in [6.07, 6.45) is 0. The zero-order chi connectivity index (χ0) is 19.2. The van der Waals surface area contributed by atoms with Crippen LogP contribution in [-0.4, -0.2) is 56.0 Å². The minimum absolute atomic E-state index is 0. The van der Waals surface area contributed by atoms with Crippen LogP contribution in [0.2, 0.25) is 0 Å². The second-order valence-corrected chi connectivity index (χ2v) is 7.39. The van der Waals surface area contributed by atoms with Crippen molar-refractivity contribution < 1.29 is 9.53 Å². The molecule has 2 atom stereocenters. The summed E-state index contributed by atoms with van der Waals surface area (Å²) < 4.78 is 5.79. The third kappa shape index (κ3) is 5.47.